The Kier molecular flexibility index (Phi) is 6.17. The van der Waals surface area contributed by atoms with Crippen molar-refractivity contribution >= 4 is 40.3 Å². The SMILES string of the molecule is CC[C@H](C)[C@H](NC(=O)c1cc2cc(Cl)ccc2n1C)C(=O)N1CCC[C@H]1C(=O)O. The zero-order valence-electron chi connectivity index (χ0n) is 16.8. The predicted octanol–water partition coefficient (Wildman–Crippen LogP) is 3.05. The van der Waals surface area contributed by atoms with Crippen molar-refractivity contribution in [2.75, 3.05) is 6.54 Å². The van der Waals surface area contributed by atoms with Crippen LogP contribution < -0.4 is 5.32 Å². The van der Waals surface area contributed by atoms with Gasteiger partial charge in [-0.15, -0.1) is 0 Å². The Morgan fingerprint density at radius 2 is 2.03 bits per heavy atom. The van der Waals surface area contributed by atoms with Crippen LogP contribution in [0.5, 0.6) is 0 Å². The van der Waals surface area contributed by atoms with Gasteiger partial charge in [-0.1, -0.05) is 31.9 Å². The van der Waals surface area contributed by atoms with E-state index < -0.39 is 18.1 Å². The van der Waals surface area contributed by atoms with Gasteiger partial charge in [0.15, 0.2) is 0 Å². The van der Waals surface area contributed by atoms with Crippen LogP contribution in [0.2, 0.25) is 5.02 Å². The van der Waals surface area contributed by atoms with E-state index in [2.05, 4.69) is 5.32 Å². The zero-order chi connectivity index (χ0) is 21.3. The Bertz CT molecular complexity index is 955. The first-order valence-electron chi connectivity index (χ1n) is 9.83. The summed E-state index contributed by atoms with van der Waals surface area (Å²) >= 11 is 6.05. The number of aliphatic carboxylic acids is 1. The topological polar surface area (TPSA) is 91.6 Å². The molecule has 3 rings (SSSR count). The number of hydrogen-bond acceptors (Lipinski definition) is 3. The first-order chi connectivity index (χ1) is 13.7. The fourth-order valence-electron chi connectivity index (χ4n) is 3.90. The summed E-state index contributed by atoms with van der Waals surface area (Å²) in [6.45, 7) is 4.22. The van der Waals surface area contributed by atoms with Gasteiger partial charge in [-0.2, -0.15) is 0 Å². The van der Waals surface area contributed by atoms with Gasteiger partial charge in [0, 0.05) is 29.5 Å². The highest BCUT2D eigenvalue weighted by atomic mass is 35.5. The number of amides is 2. The number of fused-ring (bicyclic) bond motifs is 1. The molecule has 29 heavy (non-hydrogen) atoms. The number of aromatic nitrogens is 1. The van der Waals surface area contributed by atoms with Gasteiger partial charge in [0.1, 0.15) is 17.8 Å². The number of carbonyl (C=O) groups is 3. The van der Waals surface area contributed by atoms with Gasteiger partial charge in [-0.05, 0) is 43.0 Å². The minimum absolute atomic E-state index is 0.134. The van der Waals surface area contributed by atoms with Gasteiger partial charge in [0.25, 0.3) is 5.91 Å². The number of halogens is 1. The van der Waals surface area contributed by atoms with E-state index in [1.807, 2.05) is 19.9 Å². The monoisotopic (exact) mass is 419 g/mol. The predicted molar refractivity (Wildman–Crippen MR) is 111 cm³/mol. The molecule has 7 nitrogen and oxygen atoms in total. The molecular formula is C21H26ClN3O4. The number of rotatable bonds is 6. The molecule has 0 bridgehead atoms. The summed E-state index contributed by atoms with van der Waals surface area (Å²) in [5.74, 6) is -1.84. The molecule has 1 fully saturated rings. The van der Waals surface area contributed by atoms with Crippen LogP contribution in [0.1, 0.15) is 43.6 Å². The van der Waals surface area contributed by atoms with E-state index in [1.54, 1.807) is 29.8 Å². The van der Waals surface area contributed by atoms with E-state index in [9.17, 15) is 19.5 Å². The Morgan fingerprint density at radius 1 is 1.31 bits per heavy atom. The van der Waals surface area contributed by atoms with E-state index >= 15 is 0 Å². The number of aryl methyl sites for hydroxylation is 1. The molecule has 8 heteroatoms. The lowest BCUT2D eigenvalue weighted by atomic mass is 9.97. The summed E-state index contributed by atoms with van der Waals surface area (Å²) in [5.41, 5.74) is 1.27. The molecule has 0 spiro atoms. The third-order valence-electron chi connectivity index (χ3n) is 5.82. The van der Waals surface area contributed by atoms with E-state index in [0.29, 0.717) is 36.5 Å². The number of hydrogen-bond donors (Lipinski definition) is 2. The van der Waals surface area contributed by atoms with Crippen molar-refractivity contribution in [3.05, 3.63) is 35.0 Å². The Hall–Kier alpha value is -2.54. The van der Waals surface area contributed by atoms with Crippen LogP contribution in [0, 0.1) is 5.92 Å². The molecule has 1 aromatic heterocycles. The van der Waals surface area contributed by atoms with Crippen LogP contribution in [-0.4, -0.2) is 51.0 Å². The minimum atomic E-state index is -1.00. The highest BCUT2D eigenvalue weighted by molar-refractivity contribution is 6.31. The smallest absolute Gasteiger partial charge is 0.326 e. The quantitative estimate of drug-likeness (QED) is 0.752. The molecule has 1 aliphatic heterocycles. The van der Waals surface area contributed by atoms with E-state index in [0.717, 1.165) is 10.9 Å². The normalized spacial score (nSPS) is 18.6. The van der Waals surface area contributed by atoms with Gasteiger partial charge >= 0.3 is 5.97 Å². The number of carboxylic acid groups (broad SMARTS) is 1. The van der Waals surface area contributed by atoms with Crippen molar-refractivity contribution in [2.45, 2.75) is 45.2 Å². The summed E-state index contributed by atoms with van der Waals surface area (Å²) in [6.07, 6.45) is 1.76. The lowest BCUT2D eigenvalue weighted by Crippen LogP contribution is -2.54. The highest BCUT2D eigenvalue weighted by Crippen LogP contribution is 2.24. The van der Waals surface area contributed by atoms with Crippen LogP contribution >= 0.6 is 11.6 Å². The molecule has 0 saturated carbocycles. The summed E-state index contributed by atoms with van der Waals surface area (Å²) in [6, 6.07) is 5.51. The average molecular weight is 420 g/mol. The Morgan fingerprint density at radius 3 is 2.69 bits per heavy atom. The van der Waals surface area contributed by atoms with Crippen LogP contribution in [0.3, 0.4) is 0 Å². The van der Waals surface area contributed by atoms with Crippen LogP contribution in [0.4, 0.5) is 0 Å². The summed E-state index contributed by atoms with van der Waals surface area (Å²) < 4.78 is 1.76. The molecular weight excluding hydrogens is 394 g/mol. The number of likely N-dealkylation sites (tertiary alicyclic amines) is 1. The van der Waals surface area contributed by atoms with Crippen LogP contribution in [-0.2, 0) is 16.6 Å². The third-order valence-corrected chi connectivity index (χ3v) is 6.06. The summed E-state index contributed by atoms with van der Waals surface area (Å²) in [5, 5.41) is 13.7. The third kappa shape index (κ3) is 4.10. The van der Waals surface area contributed by atoms with Crippen molar-refractivity contribution in [3.8, 4) is 0 Å². The lowest BCUT2D eigenvalue weighted by molar-refractivity contribution is -0.149. The second-order valence-electron chi connectivity index (χ2n) is 7.66. The molecule has 156 valence electrons. The van der Waals surface area contributed by atoms with Gasteiger partial charge < -0.3 is 19.9 Å². The fourth-order valence-corrected chi connectivity index (χ4v) is 4.08. The first kappa shape index (κ1) is 21.2. The van der Waals surface area contributed by atoms with Gasteiger partial charge in [-0.3, -0.25) is 9.59 Å². The van der Waals surface area contributed by atoms with Gasteiger partial charge in [0.2, 0.25) is 5.91 Å². The minimum Gasteiger partial charge on any atom is -0.480 e. The molecule has 0 unspecified atom stereocenters. The average Bonchev–Trinajstić information content (AvgIpc) is 3.30. The Labute approximate surface area is 174 Å². The van der Waals surface area contributed by atoms with E-state index in [1.165, 1.54) is 4.90 Å². The lowest BCUT2D eigenvalue weighted by Gasteiger charge is -2.30. The van der Waals surface area contributed by atoms with Crippen molar-refractivity contribution in [1.82, 2.24) is 14.8 Å². The molecule has 0 radical (unpaired) electrons. The maximum Gasteiger partial charge on any atom is 0.326 e. The Balaban J connectivity index is 1.87. The second kappa shape index (κ2) is 8.45. The van der Waals surface area contributed by atoms with Crippen LogP contribution in [0.15, 0.2) is 24.3 Å². The second-order valence-corrected chi connectivity index (χ2v) is 8.09. The number of benzene rings is 1. The number of nitrogens with one attached hydrogen (secondary N) is 1. The van der Waals surface area contributed by atoms with Crippen molar-refractivity contribution in [2.24, 2.45) is 13.0 Å². The molecule has 1 aliphatic rings. The van der Waals surface area contributed by atoms with Crippen LogP contribution in [0.25, 0.3) is 10.9 Å². The highest BCUT2D eigenvalue weighted by Gasteiger charge is 2.39. The van der Waals surface area contributed by atoms with Crippen molar-refractivity contribution < 1.29 is 19.5 Å². The van der Waals surface area contributed by atoms with Gasteiger partial charge in [0.05, 0.1) is 0 Å². The molecule has 2 heterocycles. The van der Waals surface area contributed by atoms with Gasteiger partial charge in [-0.25, -0.2) is 4.79 Å². The van der Waals surface area contributed by atoms with E-state index in [4.69, 9.17) is 11.6 Å². The summed E-state index contributed by atoms with van der Waals surface area (Å²) in [7, 11) is 1.78. The zero-order valence-corrected chi connectivity index (χ0v) is 17.6. The first-order valence-corrected chi connectivity index (χ1v) is 10.2. The standard InChI is InChI=1S/C21H26ClN3O4/c1-4-12(2)18(20(27)25-9-5-6-16(25)21(28)29)23-19(26)17-11-13-10-14(22)7-8-15(13)24(17)3/h7-8,10-12,16,18H,4-6,9H2,1-3H3,(H,23,26)(H,28,29)/t12-,16-,18-/m0/s1. The molecule has 3 atom stereocenters. The largest absolute Gasteiger partial charge is 0.480 e. The number of carbonyl (C=O) groups excluding carboxylic acids is 2. The molecule has 0 aliphatic carbocycles. The molecule has 2 aromatic rings. The fraction of sp³-hybridized carbons (Fsp3) is 0.476. The van der Waals surface area contributed by atoms with Crippen molar-refractivity contribution in [1.29, 1.82) is 0 Å². The molecule has 1 saturated heterocycles. The van der Waals surface area contributed by atoms with Crippen molar-refractivity contribution in [3.63, 3.8) is 0 Å². The number of carboxylic acids is 1. The van der Waals surface area contributed by atoms with E-state index in [-0.39, 0.29) is 17.7 Å². The maximum atomic E-state index is 13.2. The maximum absolute atomic E-state index is 13.2. The molecule has 2 amide bonds. The molecule has 1 aromatic carbocycles. The number of nitrogens with zero attached hydrogens (tertiary/aromatic N) is 2. The summed E-state index contributed by atoms with van der Waals surface area (Å²) in [4.78, 5) is 39.1. The molecule has 2 N–H and O–H groups in total.